The second-order valence-electron chi connectivity index (χ2n) is 4.80. The molecule has 1 aromatic carbocycles. The average molecular weight is 361 g/mol. The number of H-pyrrole nitrogens is 1. The van der Waals surface area contributed by atoms with E-state index in [0.29, 0.717) is 16.7 Å². The topological polar surface area (TPSA) is 88.5 Å². The molecule has 2 aromatic heterocycles. The van der Waals surface area contributed by atoms with Gasteiger partial charge < -0.3 is 0 Å². The summed E-state index contributed by atoms with van der Waals surface area (Å²) in [5.41, 5.74) is 2.65. The van der Waals surface area contributed by atoms with Gasteiger partial charge in [-0.3, -0.25) is 15.2 Å². The lowest BCUT2D eigenvalue weighted by Gasteiger charge is -2.02. The molecule has 0 bridgehead atoms. The van der Waals surface area contributed by atoms with Gasteiger partial charge in [0.1, 0.15) is 12.0 Å². The number of aromatic nitrogens is 5. The van der Waals surface area contributed by atoms with Gasteiger partial charge in [-0.1, -0.05) is 29.8 Å². The minimum absolute atomic E-state index is 0.249. The monoisotopic (exact) mass is 360 g/mol. The third kappa shape index (κ3) is 3.22. The van der Waals surface area contributed by atoms with Gasteiger partial charge in [-0.05, 0) is 28.4 Å². The normalized spacial score (nSPS) is 10.6. The predicted molar refractivity (Wildman–Crippen MR) is 84.5 cm³/mol. The van der Waals surface area contributed by atoms with Crippen LogP contribution in [-0.2, 0) is 6.54 Å². The fourth-order valence-corrected chi connectivity index (χ4v) is 2.27. The summed E-state index contributed by atoms with van der Waals surface area (Å²) in [6.45, 7) is 2.64. The number of halogens is 1. The van der Waals surface area contributed by atoms with Gasteiger partial charge >= 0.3 is 0 Å². The molecule has 0 atom stereocenters. The first kappa shape index (κ1) is 14.5. The van der Waals surface area contributed by atoms with Crippen LogP contribution >= 0.6 is 15.9 Å². The van der Waals surface area contributed by atoms with Crippen molar-refractivity contribution in [2.24, 2.45) is 0 Å². The van der Waals surface area contributed by atoms with E-state index in [2.05, 4.69) is 41.5 Å². The van der Waals surface area contributed by atoms with Gasteiger partial charge in [0.2, 0.25) is 5.95 Å². The van der Waals surface area contributed by atoms with Crippen molar-refractivity contribution in [1.29, 1.82) is 0 Å². The highest BCUT2D eigenvalue weighted by Gasteiger charge is 2.14. The first-order valence-electron chi connectivity index (χ1n) is 6.57. The zero-order chi connectivity index (χ0) is 15.5. The third-order valence-corrected chi connectivity index (χ3v) is 3.65. The van der Waals surface area contributed by atoms with E-state index in [-0.39, 0.29) is 11.9 Å². The van der Waals surface area contributed by atoms with Crippen LogP contribution in [0.2, 0.25) is 0 Å². The van der Waals surface area contributed by atoms with Gasteiger partial charge in [-0.25, -0.2) is 9.67 Å². The number of aryl methyl sites for hydroxylation is 1. The van der Waals surface area contributed by atoms with Crippen LogP contribution in [0.15, 0.2) is 41.3 Å². The Balaban J connectivity index is 1.67. The molecule has 2 N–H and O–H groups in total. The number of aromatic amines is 1. The van der Waals surface area contributed by atoms with Crippen molar-refractivity contribution in [2.75, 3.05) is 5.32 Å². The Labute approximate surface area is 134 Å². The van der Waals surface area contributed by atoms with Crippen molar-refractivity contribution in [3.05, 3.63) is 58.1 Å². The van der Waals surface area contributed by atoms with Gasteiger partial charge in [0.05, 0.1) is 17.2 Å². The van der Waals surface area contributed by atoms with Crippen molar-refractivity contribution >= 4 is 27.8 Å². The Morgan fingerprint density at radius 1 is 1.36 bits per heavy atom. The van der Waals surface area contributed by atoms with E-state index in [1.165, 1.54) is 11.8 Å². The van der Waals surface area contributed by atoms with E-state index in [0.717, 1.165) is 5.56 Å². The summed E-state index contributed by atoms with van der Waals surface area (Å²) in [7, 11) is 0. The van der Waals surface area contributed by atoms with Gasteiger partial charge in [0.25, 0.3) is 5.91 Å². The number of nitrogens with zero attached hydrogens (tertiary/aromatic N) is 4. The highest BCUT2D eigenvalue weighted by Crippen LogP contribution is 2.14. The van der Waals surface area contributed by atoms with Gasteiger partial charge in [-0.2, -0.15) is 5.10 Å². The van der Waals surface area contributed by atoms with Gasteiger partial charge in [0.15, 0.2) is 0 Å². The lowest BCUT2D eigenvalue weighted by atomic mass is 10.1. The van der Waals surface area contributed by atoms with Crippen LogP contribution in [-0.4, -0.2) is 30.9 Å². The van der Waals surface area contributed by atoms with E-state index in [4.69, 9.17) is 0 Å². The highest BCUT2D eigenvalue weighted by molar-refractivity contribution is 9.10. The molecule has 0 fully saturated rings. The Kier molecular flexibility index (Phi) is 4.01. The first-order chi connectivity index (χ1) is 10.6. The van der Waals surface area contributed by atoms with Crippen molar-refractivity contribution < 1.29 is 4.79 Å². The molecule has 3 aromatic rings. The number of anilines is 1. The standard InChI is InChI=1S/C14H13BrN6O/c1-9-2-4-10(5-3-9)7-21-8-16-14(20-21)18-13(22)12-11(15)6-17-19-12/h2-6,8H,7H2,1H3,(H,17,19)(H,18,20,22). The Morgan fingerprint density at radius 3 is 2.82 bits per heavy atom. The van der Waals surface area contributed by atoms with Crippen molar-refractivity contribution in [3.8, 4) is 0 Å². The van der Waals surface area contributed by atoms with Crippen molar-refractivity contribution in [2.45, 2.75) is 13.5 Å². The highest BCUT2D eigenvalue weighted by atomic mass is 79.9. The molecule has 0 spiro atoms. The number of carbonyl (C=O) groups excluding carboxylic acids is 1. The van der Waals surface area contributed by atoms with Crippen LogP contribution in [0, 0.1) is 6.92 Å². The largest absolute Gasteiger partial charge is 0.288 e. The van der Waals surface area contributed by atoms with E-state index in [1.54, 1.807) is 11.0 Å². The summed E-state index contributed by atoms with van der Waals surface area (Å²) in [5.74, 6) is -0.101. The number of nitrogens with one attached hydrogen (secondary N) is 2. The molecule has 112 valence electrons. The number of carbonyl (C=O) groups is 1. The van der Waals surface area contributed by atoms with E-state index >= 15 is 0 Å². The van der Waals surface area contributed by atoms with Crippen LogP contribution in [0.1, 0.15) is 21.6 Å². The molecule has 0 aliphatic heterocycles. The summed E-state index contributed by atoms with van der Waals surface area (Å²) in [5, 5.41) is 13.2. The molecule has 0 aliphatic rings. The Bertz CT molecular complexity index is 792. The lowest BCUT2D eigenvalue weighted by molar-refractivity contribution is 0.102. The average Bonchev–Trinajstić information content (AvgIpc) is 3.10. The minimum atomic E-state index is -0.350. The SMILES string of the molecule is Cc1ccc(Cn2cnc(NC(=O)c3[nH]ncc3Br)n2)cc1. The summed E-state index contributed by atoms with van der Waals surface area (Å²) >= 11 is 3.23. The number of rotatable bonds is 4. The zero-order valence-corrected chi connectivity index (χ0v) is 13.3. The summed E-state index contributed by atoms with van der Waals surface area (Å²) in [4.78, 5) is 16.1. The number of hydrogen-bond acceptors (Lipinski definition) is 4. The van der Waals surface area contributed by atoms with Crippen LogP contribution in [0.25, 0.3) is 0 Å². The molecular weight excluding hydrogens is 348 g/mol. The molecule has 3 rings (SSSR count). The molecule has 7 nitrogen and oxygen atoms in total. The van der Waals surface area contributed by atoms with Crippen LogP contribution in [0.3, 0.4) is 0 Å². The molecule has 0 radical (unpaired) electrons. The van der Waals surface area contributed by atoms with Gasteiger partial charge in [0, 0.05) is 0 Å². The quantitative estimate of drug-likeness (QED) is 0.747. The molecule has 0 unspecified atom stereocenters. The van der Waals surface area contributed by atoms with Crippen LogP contribution in [0.4, 0.5) is 5.95 Å². The number of amides is 1. The molecule has 1 amide bonds. The van der Waals surface area contributed by atoms with Crippen molar-refractivity contribution in [1.82, 2.24) is 25.0 Å². The van der Waals surface area contributed by atoms with E-state index < -0.39 is 0 Å². The third-order valence-electron chi connectivity index (χ3n) is 3.05. The molecule has 0 saturated carbocycles. The van der Waals surface area contributed by atoms with Gasteiger partial charge in [-0.15, -0.1) is 5.10 Å². The maximum Gasteiger partial charge on any atom is 0.277 e. The molecular formula is C14H13BrN6O. The van der Waals surface area contributed by atoms with Crippen LogP contribution in [0.5, 0.6) is 0 Å². The lowest BCUT2D eigenvalue weighted by Crippen LogP contribution is -2.14. The molecule has 8 heteroatoms. The van der Waals surface area contributed by atoms with Crippen molar-refractivity contribution in [3.63, 3.8) is 0 Å². The second kappa shape index (κ2) is 6.10. The second-order valence-corrected chi connectivity index (χ2v) is 5.65. The fourth-order valence-electron chi connectivity index (χ4n) is 1.90. The molecule has 0 saturated heterocycles. The number of hydrogen-bond donors (Lipinski definition) is 2. The Hall–Kier alpha value is -2.48. The summed E-state index contributed by atoms with van der Waals surface area (Å²) in [6, 6.07) is 8.17. The maximum absolute atomic E-state index is 12.0. The molecule has 0 aliphatic carbocycles. The summed E-state index contributed by atoms with van der Waals surface area (Å²) < 4.78 is 2.26. The zero-order valence-electron chi connectivity index (χ0n) is 11.7. The van der Waals surface area contributed by atoms with E-state index in [9.17, 15) is 4.79 Å². The smallest absolute Gasteiger partial charge is 0.277 e. The Morgan fingerprint density at radius 2 is 2.14 bits per heavy atom. The molecule has 2 heterocycles. The fraction of sp³-hybridized carbons (Fsp3) is 0.143. The van der Waals surface area contributed by atoms with Crippen LogP contribution < -0.4 is 5.32 Å². The van der Waals surface area contributed by atoms with E-state index in [1.807, 2.05) is 31.2 Å². The first-order valence-corrected chi connectivity index (χ1v) is 7.36. The number of benzene rings is 1. The summed E-state index contributed by atoms with van der Waals surface area (Å²) in [6.07, 6.45) is 3.09. The predicted octanol–water partition coefficient (Wildman–Crippen LogP) is 2.37. The molecule has 22 heavy (non-hydrogen) atoms. The minimum Gasteiger partial charge on any atom is -0.288 e. The maximum atomic E-state index is 12.0.